The molecule has 0 fully saturated rings. The van der Waals surface area contributed by atoms with Crippen LogP contribution in [0.5, 0.6) is 0 Å². The average molecular weight is 366 g/mol. The molecule has 0 bridgehead atoms. The quantitative estimate of drug-likeness (QED) is 0.745. The Kier molecular flexibility index (Phi) is 6.55. The van der Waals surface area contributed by atoms with E-state index in [1.165, 1.54) is 13.2 Å². The monoisotopic (exact) mass is 365 g/mol. The van der Waals surface area contributed by atoms with Gasteiger partial charge in [-0.2, -0.15) is 0 Å². The van der Waals surface area contributed by atoms with Gasteiger partial charge in [-0.05, 0) is 25.1 Å². The zero-order chi connectivity index (χ0) is 18.4. The molecule has 0 spiro atoms. The predicted molar refractivity (Wildman–Crippen MR) is 93.1 cm³/mol. The van der Waals surface area contributed by atoms with Crippen LogP contribution in [-0.2, 0) is 16.1 Å². The lowest BCUT2D eigenvalue weighted by atomic mass is 10.2. The van der Waals surface area contributed by atoms with Crippen molar-refractivity contribution in [2.75, 3.05) is 13.1 Å². The van der Waals surface area contributed by atoms with Crippen LogP contribution in [0, 0.1) is 0 Å². The smallest absolute Gasteiger partial charge is 0.320 e. The number of halogens is 1. The zero-order valence-corrected chi connectivity index (χ0v) is 14.8. The van der Waals surface area contributed by atoms with E-state index >= 15 is 0 Å². The number of carbonyl (C=O) groups is 2. The number of nitrogens with one attached hydrogen (secondary N) is 1. The van der Waals surface area contributed by atoms with E-state index in [1.54, 1.807) is 30.0 Å². The molecule has 25 heavy (non-hydrogen) atoms. The molecular weight excluding hydrogens is 346 g/mol. The van der Waals surface area contributed by atoms with E-state index in [-0.39, 0.29) is 12.5 Å². The maximum atomic E-state index is 11.3. The van der Waals surface area contributed by atoms with Crippen LogP contribution in [0.15, 0.2) is 34.9 Å². The van der Waals surface area contributed by atoms with Crippen LogP contribution in [0.3, 0.4) is 0 Å². The van der Waals surface area contributed by atoms with Crippen molar-refractivity contribution < 1.29 is 19.1 Å². The minimum absolute atomic E-state index is 0.160. The van der Waals surface area contributed by atoms with Crippen molar-refractivity contribution in [2.45, 2.75) is 26.4 Å². The number of oxazole rings is 1. The topological polar surface area (TPSA) is 95.7 Å². The van der Waals surface area contributed by atoms with Crippen LogP contribution in [0.25, 0.3) is 11.5 Å². The molecule has 2 N–H and O–H groups in total. The second kappa shape index (κ2) is 8.64. The summed E-state index contributed by atoms with van der Waals surface area (Å²) >= 11 is 5.97. The Labute approximate surface area is 150 Å². The van der Waals surface area contributed by atoms with Gasteiger partial charge in [0.1, 0.15) is 12.3 Å². The van der Waals surface area contributed by atoms with Gasteiger partial charge in [0.25, 0.3) is 0 Å². The number of carboxylic acids is 1. The molecule has 0 aliphatic rings. The number of carbonyl (C=O) groups excluding carboxylic acids is 1. The Morgan fingerprint density at radius 1 is 1.44 bits per heavy atom. The molecule has 1 atom stereocenters. The highest BCUT2D eigenvalue weighted by Gasteiger charge is 2.22. The highest BCUT2D eigenvalue weighted by atomic mass is 35.5. The number of hydrogen-bond donors (Lipinski definition) is 2. The summed E-state index contributed by atoms with van der Waals surface area (Å²) in [5, 5.41) is 12.5. The summed E-state index contributed by atoms with van der Waals surface area (Å²) in [7, 11) is 0. The van der Waals surface area contributed by atoms with E-state index in [1.807, 2.05) is 6.07 Å². The summed E-state index contributed by atoms with van der Waals surface area (Å²) in [4.78, 5) is 28.4. The molecule has 2 aromatic rings. The van der Waals surface area contributed by atoms with Crippen LogP contribution in [0.4, 0.5) is 0 Å². The summed E-state index contributed by atoms with van der Waals surface area (Å²) in [5.74, 6) is -0.684. The fourth-order valence-electron chi connectivity index (χ4n) is 2.28. The highest BCUT2D eigenvalue weighted by Crippen LogP contribution is 2.22. The van der Waals surface area contributed by atoms with Gasteiger partial charge in [0.05, 0.1) is 5.69 Å². The summed E-state index contributed by atoms with van der Waals surface area (Å²) in [6, 6.07) is 6.41. The molecule has 1 aromatic heterocycles. The minimum atomic E-state index is -0.943. The Morgan fingerprint density at radius 2 is 2.20 bits per heavy atom. The molecule has 8 heteroatoms. The number of carboxylic acid groups (broad SMARTS) is 1. The third-order valence-electron chi connectivity index (χ3n) is 3.67. The second-order valence-electron chi connectivity index (χ2n) is 5.62. The Morgan fingerprint density at radius 3 is 2.84 bits per heavy atom. The van der Waals surface area contributed by atoms with Gasteiger partial charge in [0.15, 0.2) is 0 Å². The van der Waals surface area contributed by atoms with Crippen molar-refractivity contribution in [1.29, 1.82) is 0 Å². The number of hydrogen-bond acceptors (Lipinski definition) is 5. The summed E-state index contributed by atoms with van der Waals surface area (Å²) < 4.78 is 5.48. The summed E-state index contributed by atoms with van der Waals surface area (Å²) in [5.41, 5.74) is 1.35. The first-order valence-electron chi connectivity index (χ1n) is 7.78. The van der Waals surface area contributed by atoms with E-state index < -0.39 is 12.0 Å². The molecule has 0 aliphatic heterocycles. The van der Waals surface area contributed by atoms with Crippen molar-refractivity contribution in [3.05, 3.63) is 41.2 Å². The highest BCUT2D eigenvalue weighted by molar-refractivity contribution is 6.30. The van der Waals surface area contributed by atoms with E-state index in [4.69, 9.17) is 16.0 Å². The Bertz CT molecular complexity index is 747. The maximum Gasteiger partial charge on any atom is 0.320 e. The molecule has 2 rings (SSSR count). The van der Waals surface area contributed by atoms with Gasteiger partial charge in [0, 0.05) is 37.1 Å². The predicted octanol–water partition coefficient (Wildman–Crippen LogP) is 2.41. The number of rotatable bonds is 8. The second-order valence-corrected chi connectivity index (χ2v) is 6.06. The zero-order valence-electron chi connectivity index (χ0n) is 14.0. The molecule has 0 aliphatic carbocycles. The van der Waals surface area contributed by atoms with Crippen LogP contribution in [0.1, 0.15) is 19.5 Å². The standard InChI is InChI=1S/C17H20ClN3O4/c1-11(17(23)24)21(7-6-19-12(2)22)9-15-10-25-16(20-15)13-4-3-5-14(18)8-13/h3-5,8,10-11H,6-7,9H2,1-2H3,(H,19,22)(H,23,24). The molecule has 1 amide bonds. The number of amides is 1. The SMILES string of the molecule is CC(=O)NCCN(Cc1coc(-c2cccc(Cl)c2)n1)C(C)C(=O)O. The number of aromatic nitrogens is 1. The lowest BCUT2D eigenvalue weighted by Gasteiger charge is -2.25. The molecule has 7 nitrogen and oxygen atoms in total. The molecule has 0 saturated heterocycles. The number of benzene rings is 1. The van der Waals surface area contributed by atoms with E-state index in [0.29, 0.717) is 29.7 Å². The van der Waals surface area contributed by atoms with Gasteiger partial charge in [-0.3, -0.25) is 14.5 Å². The van der Waals surface area contributed by atoms with E-state index in [0.717, 1.165) is 5.56 Å². The minimum Gasteiger partial charge on any atom is -0.480 e. The average Bonchev–Trinajstić information content (AvgIpc) is 3.01. The summed E-state index contributed by atoms with van der Waals surface area (Å²) in [6.45, 7) is 4.03. The molecule has 0 saturated carbocycles. The first kappa shape index (κ1) is 19.0. The van der Waals surface area contributed by atoms with Crippen LogP contribution < -0.4 is 5.32 Å². The van der Waals surface area contributed by atoms with Gasteiger partial charge in [-0.25, -0.2) is 4.98 Å². The molecule has 1 unspecified atom stereocenters. The third-order valence-corrected chi connectivity index (χ3v) is 3.90. The molecule has 134 valence electrons. The fraction of sp³-hybridized carbons (Fsp3) is 0.353. The van der Waals surface area contributed by atoms with Crippen molar-refractivity contribution in [1.82, 2.24) is 15.2 Å². The maximum absolute atomic E-state index is 11.3. The van der Waals surface area contributed by atoms with Crippen molar-refractivity contribution >= 4 is 23.5 Å². The molecule has 1 heterocycles. The number of nitrogens with zero attached hydrogens (tertiary/aromatic N) is 2. The number of aliphatic carboxylic acids is 1. The Balaban J connectivity index is 2.10. The largest absolute Gasteiger partial charge is 0.480 e. The van der Waals surface area contributed by atoms with E-state index in [2.05, 4.69) is 10.3 Å². The van der Waals surface area contributed by atoms with Gasteiger partial charge in [-0.15, -0.1) is 0 Å². The van der Waals surface area contributed by atoms with Crippen molar-refractivity contribution in [3.63, 3.8) is 0 Å². The lowest BCUT2D eigenvalue weighted by molar-refractivity contribution is -0.142. The Hall–Kier alpha value is -2.38. The van der Waals surface area contributed by atoms with Gasteiger partial charge < -0.3 is 14.8 Å². The summed E-state index contributed by atoms with van der Waals surface area (Å²) in [6.07, 6.45) is 1.50. The van der Waals surface area contributed by atoms with Crippen molar-refractivity contribution in [3.8, 4) is 11.5 Å². The molecular formula is C17H20ClN3O4. The van der Waals surface area contributed by atoms with Crippen LogP contribution in [-0.4, -0.2) is 46.0 Å². The normalized spacial score (nSPS) is 12.2. The van der Waals surface area contributed by atoms with E-state index in [9.17, 15) is 14.7 Å². The molecule has 1 aromatic carbocycles. The van der Waals surface area contributed by atoms with Crippen LogP contribution >= 0.6 is 11.6 Å². The van der Waals surface area contributed by atoms with Gasteiger partial charge >= 0.3 is 5.97 Å². The van der Waals surface area contributed by atoms with Crippen LogP contribution in [0.2, 0.25) is 5.02 Å². The third kappa shape index (κ3) is 5.58. The van der Waals surface area contributed by atoms with Gasteiger partial charge in [0.2, 0.25) is 11.8 Å². The fourth-order valence-corrected chi connectivity index (χ4v) is 2.47. The first-order chi connectivity index (χ1) is 11.9. The first-order valence-corrected chi connectivity index (χ1v) is 8.16. The van der Waals surface area contributed by atoms with Crippen molar-refractivity contribution in [2.24, 2.45) is 0 Å². The molecule has 0 radical (unpaired) electrons. The lowest BCUT2D eigenvalue weighted by Crippen LogP contribution is -2.42. The van der Waals surface area contributed by atoms with Gasteiger partial charge in [-0.1, -0.05) is 17.7 Å².